The molecule has 0 radical (unpaired) electrons. The van der Waals surface area contributed by atoms with Gasteiger partial charge in [-0.15, -0.1) is 0 Å². The summed E-state index contributed by atoms with van der Waals surface area (Å²) in [5.74, 6) is -4.34. The van der Waals surface area contributed by atoms with Crippen molar-refractivity contribution in [3.63, 3.8) is 0 Å². The topological polar surface area (TPSA) is 57.6 Å². The van der Waals surface area contributed by atoms with Gasteiger partial charge in [-0.25, -0.2) is 21.6 Å². The highest BCUT2D eigenvalue weighted by molar-refractivity contribution is 7.89. The van der Waals surface area contributed by atoms with E-state index < -0.39 is 32.4 Å². The summed E-state index contributed by atoms with van der Waals surface area (Å²) in [7, 11) is -4.38. The van der Waals surface area contributed by atoms with Crippen LogP contribution < -0.4 is 0 Å². The normalized spacial score (nSPS) is 21.1. The Kier molecular flexibility index (Phi) is 4.36. The zero-order valence-electron chi connectivity index (χ0n) is 10.5. The maximum Gasteiger partial charge on any atom is 0.248 e. The number of piperidine rings is 1. The molecule has 1 aliphatic heterocycles. The van der Waals surface area contributed by atoms with Gasteiger partial charge in [0.25, 0.3) is 0 Å². The Bertz CT molecular complexity index is 583. The van der Waals surface area contributed by atoms with E-state index in [9.17, 15) is 21.6 Å². The van der Waals surface area contributed by atoms with Gasteiger partial charge in [0.15, 0.2) is 4.90 Å². The Balaban J connectivity index is 2.40. The molecule has 2 rings (SSSR count). The number of sulfonamides is 1. The van der Waals surface area contributed by atoms with Crippen LogP contribution in [0.3, 0.4) is 0 Å². The van der Waals surface area contributed by atoms with Crippen LogP contribution in [0.15, 0.2) is 17.0 Å². The monoisotopic (exact) mass is 309 g/mol. The van der Waals surface area contributed by atoms with Crippen molar-refractivity contribution in [3.8, 4) is 0 Å². The van der Waals surface area contributed by atoms with Gasteiger partial charge in [0, 0.05) is 31.8 Å². The molecule has 8 heteroatoms. The minimum Gasteiger partial charge on any atom is -0.396 e. The molecule has 1 heterocycles. The molecule has 0 bridgehead atoms. The van der Waals surface area contributed by atoms with Crippen LogP contribution in [0.2, 0.25) is 0 Å². The molecular formula is C12H14F3NO3S. The van der Waals surface area contributed by atoms with E-state index in [1.165, 1.54) is 0 Å². The third-order valence-electron chi connectivity index (χ3n) is 3.30. The van der Waals surface area contributed by atoms with E-state index in [1.54, 1.807) is 0 Å². The summed E-state index contributed by atoms with van der Waals surface area (Å²) in [6.07, 6.45) is 1.14. The maximum absolute atomic E-state index is 13.6. The summed E-state index contributed by atoms with van der Waals surface area (Å²) >= 11 is 0. The first kappa shape index (κ1) is 15.3. The Morgan fingerprint density at radius 3 is 2.40 bits per heavy atom. The van der Waals surface area contributed by atoms with Gasteiger partial charge in [0.2, 0.25) is 10.0 Å². The third kappa shape index (κ3) is 2.82. The van der Waals surface area contributed by atoms with E-state index in [2.05, 4.69) is 0 Å². The van der Waals surface area contributed by atoms with Gasteiger partial charge in [-0.05, 0) is 18.8 Å². The van der Waals surface area contributed by atoms with Crippen LogP contribution >= 0.6 is 0 Å². The van der Waals surface area contributed by atoms with Crippen molar-refractivity contribution >= 4 is 10.0 Å². The van der Waals surface area contributed by atoms with Crippen LogP contribution in [0.1, 0.15) is 12.8 Å². The minimum absolute atomic E-state index is 0.00487. The highest BCUT2D eigenvalue weighted by atomic mass is 32.2. The van der Waals surface area contributed by atoms with Crippen LogP contribution in [0, 0.1) is 23.4 Å². The predicted molar refractivity (Wildman–Crippen MR) is 64.9 cm³/mol. The highest BCUT2D eigenvalue weighted by Gasteiger charge is 2.34. The lowest BCUT2D eigenvalue weighted by molar-refractivity contribution is 0.165. The summed E-state index contributed by atoms with van der Waals surface area (Å²) in [6, 6.07) is 0.673. The molecule has 1 aromatic rings. The third-order valence-corrected chi connectivity index (χ3v) is 5.22. The number of rotatable bonds is 3. The SMILES string of the molecule is O=S(=O)(c1c(F)cc(F)cc1F)N1CCCC(CO)C1. The van der Waals surface area contributed by atoms with Gasteiger partial charge < -0.3 is 5.11 Å². The molecule has 0 aliphatic carbocycles. The average Bonchev–Trinajstić information content (AvgIpc) is 2.37. The number of aliphatic hydroxyl groups excluding tert-OH is 1. The van der Waals surface area contributed by atoms with E-state index in [4.69, 9.17) is 5.11 Å². The first-order valence-electron chi connectivity index (χ1n) is 6.12. The Hall–Kier alpha value is -1.12. The number of hydrogen-bond donors (Lipinski definition) is 1. The Labute approximate surface area is 114 Å². The number of nitrogens with zero attached hydrogens (tertiary/aromatic N) is 1. The second kappa shape index (κ2) is 5.71. The quantitative estimate of drug-likeness (QED) is 0.920. The van der Waals surface area contributed by atoms with Crippen LogP contribution in [-0.2, 0) is 10.0 Å². The molecule has 112 valence electrons. The van der Waals surface area contributed by atoms with Crippen molar-refractivity contribution in [2.75, 3.05) is 19.7 Å². The molecule has 1 aliphatic rings. The fourth-order valence-corrected chi connectivity index (χ4v) is 3.94. The van der Waals surface area contributed by atoms with Gasteiger partial charge >= 0.3 is 0 Å². The average molecular weight is 309 g/mol. The fourth-order valence-electron chi connectivity index (χ4n) is 2.30. The van der Waals surface area contributed by atoms with E-state index >= 15 is 0 Å². The molecule has 0 spiro atoms. The summed E-state index contributed by atoms with van der Waals surface area (Å²) in [5, 5.41) is 9.07. The van der Waals surface area contributed by atoms with E-state index in [1.807, 2.05) is 0 Å². The van der Waals surface area contributed by atoms with Crippen LogP contribution in [0.25, 0.3) is 0 Å². The lowest BCUT2D eigenvalue weighted by atomic mass is 10.0. The van der Waals surface area contributed by atoms with E-state index in [0.29, 0.717) is 25.0 Å². The van der Waals surface area contributed by atoms with Crippen LogP contribution in [0.5, 0.6) is 0 Å². The van der Waals surface area contributed by atoms with Gasteiger partial charge in [-0.3, -0.25) is 0 Å². The molecule has 0 aromatic heterocycles. The van der Waals surface area contributed by atoms with Crippen molar-refractivity contribution in [2.24, 2.45) is 5.92 Å². The first-order valence-corrected chi connectivity index (χ1v) is 7.56. The Morgan fingerprint density at radius 1 is 1.25 bits per heavy atom. The second-order valence-corrected chi connectivity index (χ2v) is 6.63. The van der Waals surface area contributed by atoms with Crippen molar-refractivity contribution in [1.29, 1.82) is 0 Å². The van der Waals surface area contributed by atoms with Crippen LogP contribution in [0.4, 0.5) is 13.2 Å². The first-order chi connectivity index (χ1) is 9.36. The standard InChI is InChI=1S/C12H14F3NO3S/c13-9-4-10(14)12(11(15)5-9)20(18,19)16-3-1-2-8(6-16)7-17/h4-5,8,17H,1-3,6-7H2. The number of aliphatic hydroxyl groups is 1. The van der Waals surface area contributed by atoms with Crippen molar-refractivity contribution in [1.82, 2.24) is 4.31 Å². The molecule has 1 aromatic carbocycles. The molecule has 1 N–H and O–H groups in total. The summed E-state index contributed by atoms with van der Waals surface area (Å²) in [6.45, 7) is -0.0788. The number of benzene rings is 1. The Morgan fingerprint density at radius 2 is 1.85 bits per heavy atom. The summed E-state index contributed by atoms with van der Waals surface area (Å²) < 4.78 is 65.5. The molecule has 20 heavy (non-hydrogen) atoms. The maximum atomic E-state index is 13.6. The van der Waals surface area contributed by atoms with E-state index in [-0.39, 0.29) is 25.6 Å². The molecule has 4 nitrogen and oxygen atoms in total. The zero-order valence-corrected chi connectivity index (χ0v) is 11.3. The number of hydrogen-bond acceptors (Lipinski definition) is 3. The molecule has 1 atom stereocenters. The van der Waals surface area contributed by atoms with Crippen molar-refractivity contribution in [2.45, 2.75) is 17.7 Å². The minimum atomic E-state index is -4.38. The van der Waals surface area contributed by atoms with Crippen molar-refractivity contribution < 1.29 is 26.7 Å². The molecule has 1 saturated heterocycles. The van der Waals surface area contributed by atoms with Gasteiger partial charge in [0.05, 0.1) is 0 Å². The highest BCUT2D eigenvalue weighted by Crippen LogP contribution is 2.27. The van der Waals surface area contributed by atoms with Crippen LogP contribution in [-0.4, -0.2) is 37.5 Å². The van der Waals surface area contributed by atoms with Gasteiger partial charge in [-0.1, -0.05) is 0 Å². The zero-order chi connectivity index (χ0) is 14.9. The lowest BCUT2D eigenvalue weighted by Gasteiger charge is -2.31. The lowest BCUT2D eigenvalue weighted by Crippen LogP contribution is -2.41. The molecule has 0 amide bonds. The van der Waals surface area contributed by atoms with Crippen molar-refractivity contribution in [3.05, 3.63) is 29.6 Å². The smallest absolute Gasteiger partial charge is 0.248 e. The largest absolute Gasteiger partial charge is 0.396 e. The summed E-state index contributed by atoms with van der Waals surface area (Å²) in [5.41, 5.74) is 0. The fraction of sp³-hybridized carbons (Fsp3) is 0.500. The molecule has 1 unspecified atom stereocenters. The summed E-state index contributed by atoms with van der Waals surface area (Å²) in [4.78, 5) is -1.14. The van der Waals surface area contributed by atoms with Gasteiger partial charge in [-0.2, -0.15) is 4.31 Å². The molecular weight excluding hydrogens is 295 g/mol. The van der Waals surface area contributed by atoms with E-state index in [0.717, 1.165) is 4.31 Å². The molecule has 1 fully saturated rings. The predicted octanol–water partition coefficient (Wildman–Crippen LogP) is 1.50. The van der Waals surface area contributed by atoms with Gasteiger partial charge in [0.1, 0.15) is 17.5 Å². The number of halogens is 3. The molecule has 0 saturated carbocycles. The second-order valence-electron chi connectivity index (χ2n) is 4.75.